The van der Waals surface area contributed by atoms with Crippen LogP contribution in [0.2, 0.25) is 10.0 Å². The fourth-order valence-corrected chi connectivity index (χ4v) is 2.21. The number of nitrogens with zero attached hydrogens (tertiary/aromatic N) is 2. The first-order valence-electron chi connectivity index (χ1n) is 5.88. The smallest absolute Gasteiger partial charge is 0.0664 e. The lowest BCUT2D eigenvalue weighted by Gasteiger charge is -2.09. The highest BCUT2D eigenvalue weighted by molar-refractivity contribution is 6.42. The number of rotatable bonds is 4. The van der Waals surface area contributed by atoms with Gasteiger partial charge >= 0.3 is 0 Å². The lowest BCUT2D eigenvalue weighted by Crippen LogP contribution is -2.06. The predicted molar refractivity (Wildman–Crippen MR) is 75.5 cm³/mol. The van der Waals surface area contributed by atoms with E-state index in [1.54, 1.807) is 6.07 Å². The summed E-state index contributed by atoms with van der Waals surface area (Å²) in [5, 5.41) is 5.46. The number of nitrogens with two attached hydrogens (primary N) is 1. The summed E-state index contributed by atoms with van der Waals surface area (Å²) in [6.45, 7) is 2.63. The summed E-state index contributed by atoms with van der Waals surface area (Å²) in [5.74, 6) is 0. The van der Waals surface area contributed by atoms with Crippen LogP contribution in [0.4, 0.5) is 0 Å². The van der Waals surface area contributed by atoms with Gasteiger partial charge in [-0.3, -0.25) is 0 Å². The second-order valence-corrected chi connectivity index (χ2v) is 4.90. The van der Waals surface area contributed by atoms with Gasteiger partial charge in [-0.15, -0.1) is 0 Å². The maximum absolute atomic E-state index is 6.04. The molecule has 0 unspecified atom stereocenters. The maximum Gasteiger partial charge on any atom is 0.0664 e. The van der Waals surface area contributed by atoms with E-state index in [9.17, 15) is 0 Å². The SMILES string of the molecule is CCCc1c(CN)cnn1-c1ccc(Cl)c(Cl)c1. The standard InChI is InChI=1S/C13H15Cl2N3/c1-2-3-13-9(7-16)8-17-18(13)10-4-5-11(14)12(15)6-10/h4-6,8H,2-3,7,16H2,1H3. The van der Waals surface area contributed by atoms with E-state index in [2.05, 4.69) is 12.0 Å². The Morgan fingerprint density at radius 1 is 1.28 bits per heavy atom. The Balaban J connectivity index is 2.49. The van der Waals surface area contributed by atoms with Gasteiger partial charge in [0.2, 0.25) is 0 Å². The lowest BCUT2D eigenvalue weighted by atomic mass is 10.1. The van der Waals surface area contributed by atoms with Crippen molar-refractivity contribution in [2.24, 2.45) is 5.73 Å². The summed E-state index contributed by atoms with van der Waals surface area (Å²) in [4.78, 5) is 0. The molecule has 1 heterocycles. The van der Waals surface area contributed by atoms with Gasteiger partial charge in [-0.1, -0.05) is 36.5 Å². The van der Waals surface area contributed by atoms with Crippen LogP contribution < -0.4 is 5.73 Å². The van der Waals surface area contributed by atoms with Crippen molar-refractivity contribution in [3.63, 3.8) is 0 Å². The molecule has 0 bridgehead atoms. The van der Waals surface area contributed by atoms with Gasteiger partial charge in [0.1, 0.15) is 0 Å². The Bertz CT molecular complexity index is 549. The van der Waals surface area contributed by atoms with Crippen molar-refractivity contribution in [2.75, 3.05) is 0 Å². The monoisotopic (exact) mass is 283 g/mol. The molecular weight excluding hydrogens is 269 g/mol. The van der Waals surface area contributed by atoms with Crippen molar-refractivity contribution >= 4 is 23.2 Å². The van der Waals surface area contributed by atoms with Crippen LogP contribution in [0.3, 0.4) is 0 Å². The van der Waals surface area contributed by atoms with Gasteiger partial charge in [0.15, 0.2) is 0 Å². The average molecular weight is 284 g/mol. The lowest BCUT2D eigenvalue weighted by molar-refractivity contribution is 0.767. The molecule has 0 aliphatic heterocycles. The first-order valence-corrected chi connectivity index (χ1v) is 6.64. The molecule has 0 aliphatic rings. The van der Waals surface area contributed by atoms with Crippen LogP contribution in [-0.2, 0) is 13.0 Å². The summed E-state index contributed by atoms with van der Waals surface area (Å²) in [6, 6.07) is 5.50. The zero-order valence-corrected chi connectivity index (χ0v) is 11.7. The van der Waals surface area contributed by atoms with Gasteiger partial charge in [0, 0.05) is 17.8 Å². The van der Waals surface area contributed by atoms with Crippen molar-refractivity contribution in [1.82, 2.24) is 9.78 Å². The van der Waals surface area contributed by atoms with Crippen molar-refractivity contribution < 1.29 is 0 Å². The summed E-state index contributed by atoms with van der Waals surface area (Å²) in [5.41, 5.74) is 8.85. The van der Waals surface area contributed by atoms with Gasteiger partial charge in [0.25, 0.3) is 0 Å². The fourth-order valence-electron chi connectivity index (χ4n) is 1.92. The molecule has 0 fully saturated rings. The second-order valence-electron chi connectivity index (χ2n) is 4.08. The van der Waals surface area contributed by atoms with Crippen LogP contribution in [0.15, 0.2) is 24.4 Å². The van der Waals surface area contributed by atoms with Crippen LogP contribution in [0.1, 0.15) is 24.6 Å². The molecule has 5 heteroatoms. The first kappa shape index (κ1) is 13.4. The van der Waals surface area contributed by atoms with E-state index in [0.717, 1.165) is 29.8 Å². The van der Waals surface area contributed by atoms with Gasteiger partial charge in [-0.05, 0) is 24.6 Å². The average Bonchev–Trinajstić information content (AvgIpc) is 2.76. The van der Waals surface area contributed by atoms with Crippen LogP contribution in [0.5, 0.6) is 0 Å². The minimum atomic E-state index is 0.497. The molecule has 96 valence electrons. The van der Waals surface area contributed by atoms with Gasteiger partial charge < -0.3 is 5.73 Å². The number of benzene rings is 1. The van der Waals surface area contributed by atoms with Crippen molar-refractivity contribution in [2.45, 2.75) is 26.3 Å². The van der Waals surface area contributed by atoms with E-state index in [1.165, 1.54) is 0 Å². The molecule has 0 spiro atoms. The molecule has 0 saturated heterocycles. The van der Waals surface area contributed by atoms with Crippen molar-refractivity contribution in [1.29, 1.82) is 0 Å². The van der Waals surface area contributed by atoms with Crippen LogP contribution in [-0.4, -0.2) is 9.78 Å². The van der Waals surface area contributed by atoms with Gasteiger partial charge in [-0.25, -0.2) is 4.68 Å². The third-order valence-corrected chi connectivity index (χ3v) is 3.55. The molecule has 0 radical (unpaired) electrons. The fraction of sp³-hybridized carbons (Fsp3) is 0.308. The van der Waals surface area contributed by atoms with Crippen LogP contribution in [0.25, 0.3) is 5.69 Å². The third kappa shape index (κ3) is 2.53. The Hall–Kier alpha value is -1.03. The second kappa shape index (κ2) is 5.74. The zero-order chi connectivity index (χ0) is 13.1. The molecule has 0 aliphatic carbocycles. The van der Waals surface area contributed by atoms with E-state index in [0.29, 0.717) is 16.6 Å². The van der Waals surface area contributed by atoms with Gasteiger partial charge in [-0.2, -0.15) is 5.10 Å². The minimum absolute atomic E-state index is 0.497. The molecule has 2 rings (SSSR count). The van der Waals surface area contributed by atoms with Crippen LogP contribution in [0, 0.1) is 0 Å². The number of hydrogen-bond donors (Lipinski definition) is 1. The summed E-state index contributed by atoms with van der Waals surface area (Å²) < 4.78 is 1.88. The van der Waals surface area contributed by atoms with E-state index < -0.39 is 0 Å². The van der Waals surface area contributed by atoms with Crippen LogP contribution >= 0.6 is 23.2 Å². The summed E-state index contributed by atoms with van der Waals surface area (Å²) in [7, 11) is 0. The molecule has 2 aromatic rings. The van der Waals surface area contributed by atoms with E-state index in [1.807, 2.05) is 23.0 Å². The molecule has 2 N–H and O–H groups in total. The molecule has 0 atom stereocenters. The molecule has 1 aromatic carbocycles. The Morgan fingerprint density at radius 2 is 2.06 bits per heavy atom. The summed E-state index contributed by atoms with van der Waals surface area (Å²) >= 11 is 12.0. The molecule has 18 heavy (non-hydrogen) atoms. The van der Waals surface area contributed by atoms with E-state index in [4.69, 9.17) is 28.9 Å². The Kier molecular flexibility index (Phi) is 4.27. The zero-order valence-electron chi connectivity index (χ0n) is 10.2. The highest BCUT2D eigenvalue weighted by Crippen LogP contribution is 2.25. The minimum Gasteiger partial charge on any atom is -0.326 e. The first-order chi connectivity index (χ1) is 8.67. The highest BCUT2D eigenvalue weighted by Gasteiger charge is 2.11. The third-order valence-electron chi connectivity index (χ3n) is 2.81. The van der Waals surface area contributed by atoms with Gasteiger partial charge in [0.05, 0.1) is 21.9 Å². The van der Waals surface area contributed by atoms with E-state index in [-0.39, 0.29) is 0 Å². The predicted octanol–water partition coefficient (Wildman–Crippen LogP) is 3.59. The van der Waals surface area contributed by atoms with Crippen molar-refractivity contribution in [3.05, 3.63) is 45.7 Å². The molecule has 1 aromatic heterocycles. The number of hydrogen-bond acceptors (Lipinski definition) is 2. The Labute approximate surface area is 117 Å². The highest BCUT2D eigenvalue weighted by atomic mass is 35.5. The normalized spacial score (nSPS) is 10.9. The van der Waals surface area contributed by atoms with E-state index >= 15 is 0 Å². The Morgan fingerprint density at radius 3 is 2.67 bits per heavy atom. The molecule has 0 saturated carbocycles. The molecule has 3 nitrogen and oxygen atoms in total. The number of aromatic nitrogens is 2. The molecular formula is C13H15Cl2N3. The topological polar surface area (TPSA) is 43.8 Å². The maximum atomic E-state index is 6.04. The molecule has 0 amide bonds. The van der Waals surface area contributed by atoms with Crippen molar-refractivity contribution in [3.8, 4) is 5.69 Å². The quantitative estimate of drug-likeness (QED) is 0.932. The largest absolute Gasteiger partial charge is 0.326 e. The number of halogens is 2. The summed E-state index contributed by atoms with van der Waals surface area (Å²) in [6.07, 6.45) is 3.79.